The lowest BCUT2D eigenvalue weighted by atomic mass is 9.94. The highest BCUT2D eigenvalue weighted by Crippen LogP contribution is 2.31. The van der Waals surface area contributed by atoms with Crippen LogP contribution in [0, 0.1) is 0 Å². The van der Waals surface area contributed by atoms with E-state index in [0.717, 1.165) is 29.3 Å². The van der Waals surface area contributed by atoms with Crippen LogP contribution in [0.15, 0.2) is 24.3 Å². The van der Waals surface area contributed by atoms with Crippen LogP contribution in [0.2, 0.25) is 0 Å². The van der Waals surface area contributed by atoms with Crippen molar-refractivity contribution >= 4 is 22.6 Å². The smallest absolute Gasteiger partial charge is 0.228 e. The summed E-state index contributed by atoms with van der Waals surface area (Å²) < 4.78 is 1.58. The zero-order chi connectivity index (χ0) is 16.7. The third kappa shape index (κ3) is 3.46. The molecule has 0 amide bonds. The van der Waals surface area contributed by atoms with Crippen LogP contribution in [0.4, 0.5) is 0 Å². The Labute approximate surface area is 133 Å². The van der Waals surface area contributed by atoms with Crippen LogP contribution >= 0.6 is 0 Å². The number of aryl methyl sites for hydroxylation is 1. The number of carbonyl (C=O) groups excluding carboxylic acids is 2. The maximum absolute atomic E-state index is 12.0. The fourth-order valence-corrected chi connectivity index (χ4v) is 2.72. The zero-order valence-corrected chi connectivity index (χ0v) is 14.4. The molecular weight excluding hydrogens is 274 g/mol. The van der Waals surface area contributed by atoms with Crippen molar-refractivity contribution < 1.29 is 9.59 Å². The molecule has 0 unspecified atom stereocenters. The molecule has 3 rings (SSSR count). The number of para-hydroxylation sites is 1. The molecule has 0 fully saturated rings. The monoisotopic (exact) mass is 301 g/mol. The molecule has 3 heteroatoms. The molecule has 0 aliphatic heterocycles. The van der Waals surface area contributed by atoms with Crippen molar-refractivity contribution in [2.75, 3.05) is 0 Å². The SMILES string of the molecule is CC.CC(=O)n1c2c(c3ccccc31)CCCC2=O.CCC. The topological polar surface area (TPSA) is 39.1 Å². The molecule has 0 bridgehead atoms. The highest BCUT2D eigenvalue weighted by Gasteiger charge is 2.26. The van der Waals surface area contributed by atoms with Crippen LogP contribution in [0.5, 0.6) is 0 Å². The number of hydrogen-bond acceptors (Lipinski definition) is 2. The molecule has 1 heterocycles. The first-order valence-corrected chi connectivity index (χ1v) is 8.28. The summed E-state index contributed by atoms with van der Waals surface area (Å²) in [6, 6.07) is 7.75. The van der Waals surface area contributed by atoms with Gasteiger partial charge in [0.2, 0.25) is 5.91 Å². The summed E-state index contributed by atoms with van der Waals surface area (Å²) in [6.45, 7) is 9.76. The van der Waals surface area contributed by atoms with Crippen LogP contribution in [0.25, 0.3) is 10.9 Å². The van der Waals surface area contributed by atoms with E-state index >= 15 is 0 Å². The van der Waals surface area contributed by atoms with Gasteiger partial charge in [-0.15, -0.1) is 0 Å². The lowest BCUT2D eigenvalue weighted by Crippen LogP contribution is -2.18. The zero-order valence-electron chi connectivity index (χ0n) is 14.4. The van der Waals surface area contributed by atoms with Crippen LogP contribution < -0.4 is 0 Å². The summed E-state index contributed by atoms with van der Waals surface area (Å²) in [5, 5.41) is 1.05. The minimum Gasteiger partial charge on any atom is -0.293 e. The number of Topliss-reactive ketones (excluding diaryl/α,β-unsaturated/α-hetero) is 1. The van der Waals surface area contributed by atoms with E-state index < -0.39 is 0 Å². The summed E-state index contributed by atoms with van der Waals surface area (Å²) in [5.74, 6) is 0.00958. The molecule has 0 saturated carbocycles. The molecule has 1 aliphatic carbocycles. The number of hydrogen-bond donors (Lipinski definition) is 0. The molecule has 1 aromatic carbocycles. The van der Waals surface area contributed by atoms with E-state index in [0.29, 0.717) is 12.1 Å². The van der Waals surface area contributed by atoms with Crippen LogP contribution in [-0.2, 0) is 6.42 Å². The number of rotatable bonds is 0. The second kappa shape index (κ2) is 8.52. The quantitative estimate of drug-likeness (QED) is 0.665. The molecule has 3 nitrogen and oxygen atoms in total. The third-order valence-electron chi connectivity index (χ3n) is 3.39. The lowest BCUT2D eigenvalue weighted by molar-refractivity contribution is 0.0899. The van der Waals surface area contributed by atoms with Gasteiger partial charge in [0.05, 0.1) is 11.2 Å². The summed E-state index contributed by atoms with van der Waals surface area (Å²) in [6.07, 6.45) is 3.58. The van der Waals surface area contributed by atoms with E-state index in [9.17, 15) is 9.59 Å². The fourth-order valence-electron chi connectivity index (χ4n) is 2.72. The van der Waals surface area contributed by atoms with Crippen molar-refractivity contribution in [3.05, 3.63) is 35.5 Å². The van der Waals surface area contributed by atoms with Gasteiger partial charge in [-0.2, -0.15) is 0 Å². The first-order valence-electron chi connectivity index (χ1n) is 8.28. The highest BCUT2D eigenvalue weighted by atomic mass is 16.2. The highest BCUT2D eigenvalue weighted by molar-refractivity contribution is 6.08. The van der Waals surface area contributed by atoms with E-state index in [-0.39, 0.29) is 11.7 Å². The largest absolute Gasteiger partial charge is 0.293 e. The molecule has 0 spiro atoms. The summed E-state index contributed by atoms with van der Waals surface area (Å²) in [5.41, 5.74) is 2.53. The average Bonchev–Trinajstić information content (AvgIpc) is 2.86. The number of carbonyl (C=O) groups is 2. The number of nitrogens with zero attached hydrogens (tertiary/aromatic N) is 1. The van der Waals surface area contributed by atoms with Gasteiger partial charge in [0.15, 0.2) is 5.78 Å². The summed E-state index contributed by atoms with van der Waals surface area (Å²) in [7, 11) is 0. The van der Waals surface area contributed by atoms with Gasteiger partial charge in [-0.1, -0.05) is 52.3 Å². The van der Waals surface area contributed by atoms with Crippen molar-refractivity contribution in [2.24, 2.45) is 0 Å². The maximum Gasteiger partial charge on any atom is 0.228 e. The molecule has 0 N–H and O–H groups in total. The Morgan fingerprint density at radius 3 is 2.32 bits per heavy atom. The Hall–Kier alpha value is -1.90. The minimum absolute atomic E-state index is 0.0855. The summed E-state index contributed by atoms with van der Waals surface area (Å²) in [4.78, 5) is 23.8. The Bertz CT molecular complexity index is 653. The van der Waals surface area contributed by atoms with E-state index in [1.807, 2.05) is 38.1 Å². The molecule has 1 aromatic heterocycles. The van der Waals surface area contributed by atoms with E-state index in [1.54, 1.807) is 4.57 Å². The van der Waals surface area contributed by atoms with Crippen LogP contribution in [0.1, 0.15) is 74.7 Å². The predicted molar refractivity (Wildman–Crippen MR) is 92.8 cm³/mol. The average molecular weight is 301 g/mol. The lowest BCUT2D eigenvalue weighted by Gasteiger charge is -2.12. The van der Waals surface area contributed by atoms with Crippen molar-refractivity contribution in [1.82, 2.24) is 4.57 Å². The maximum atomic E-state index is 12.0. The van der Waals surface area contributed by atoms with E-state index in [1.165, 1.54) is 13.3 Å². The van der Waals surface area contributed by atoms with Gasteiger partial charge in [0.1, 0.15) is 0 Å². The fraction of sp³-hybridized carbons (Fsp3) is 0.474. The van der Waals surface area contributed by atoms with E-state index in [4.69, 9.17) is 0 Å². The second-order valence-electron chi connectivity index (χ2n) is 5.18. The predicted octanol–water partition coefficient (Wildman–Crippen LogP) is 5.26. The molecule has 2 aromatic rings. The van der Waals surface area contributed by atoms with Crippen molar-refractivity contribution in [3.8, 4) is 0 Å². The Morgan fingerprint density at radius 2 is 1.73 bits per heavy atom. The van der Waals surface area contributed by atoms with Crippen LogP contribution in [0.3, 0.4) is 0 Å². The third-order valence-corrected chi connectivity index (χ3v) is 3.39. The molecule has 1 aliphatic rings. The van der Waals surface area contributed by atoms with Crippen molar-refractivity contribution in [3.63, 3.8) is 0 Å². The van der Waals surface area contributed by atoms with E-state index in [2.05, 4.69) is 13.8 Å². The van der Waals surface area contributed by atoms with Gasteiger partial charge in [-0.05, 0) is 24.5 Å². The van der Waals surface area contributed by atoms with Crippen molar-refractivity contribution in [2.45, 2.75) is 60.3 Å². The normalized spacial score (nSPS) is 12.7. The van der Waals surface area contributed by atoms with Crippen molar-refractivity contribution in [1.29, 1.82) is 0 Å². The summed E-state index contributed by atoms with van der Waals surface area (Å²) >= 11 is 0. The first kappa shape index (κ1) is 18.1. The Kier molecular flexibility index (Phi) is 7.03. The minimum atomic E-state index is -0.0855. The molecule has 0 atom stereocenters. The van der Waals surface area contributed by atoms with Crippen LogP contribution in [-0.4, -0.2) is 16.3 Å². The molecule has 22 heavy (non-hydrogen) atoms. The standard InChI is InChI=1S/C14H13NO2.C3H8.C2H6/c1-9(16)15-12-7-3-2-5-10(12)11-6-4-8-13(17)14(11)15;1-3-2;1-2/h2-3,5,7H,4,6,8H2,1H3;3H2,1-2H3;1-2H3. The second-order valence-corrected chi connectivity index (χ2v) is 5.18. The first-order chi connectivity index (χ1) is 10.6. The Balaban J connectivity index is 0.000000435. The number of fused-ring (bicyclic) bond motifs is 3. The molecule has 0 radical (unpaired) electrons. The Morgan fingerprint density at radius 1 is 1.14 bits per heavy atom. The van der Waals surface area contributed by atoms with Gasteiger partial charge in [-0.3, -0.25) is 14.2 Å². The van der Waals surface area contributed by atoms with Gasteiger partial charge in [0, 0.05) is 18.7 Å². The number of ketones is 1. The van der Waals surface area contributed by atoms with Gasteiger partial charge in [-0.25, -0.2) is 0 Å². The number of aromatic nitrogens is 1. The molecule has 120 valence electrons. The molecular formula is C19H27NO2. The molecule has 0 saturated heterocycles. The number of benzene rings is 1. The van der Waals surface area contributed by atoms with Gasteiger partial charge >= 0.3 is 0 Å². The van der Waals surface area contributed by atoms with Gasteiger partial charge < -0.3 is 0 Å². The van der Waals surface area contributed by atoms with Gasteiger partial charge in [0.25, 0.3) is 0 Å².